The fourth-order valence-electron chi connectivity index (χ4n) is 6.03. The van der Waals surface area contributed by atoms with Crippen LogP contribution >= 0.6 is 0 Å². The summed E-state index contributed by atoms with van der Waals surface area (Å²) in [6, 6.07) is 9.68. The van der Waals surface area contributed by atoms with Gasteiger partial charge in [-0.25, -0.2) is 0 Å². The van der Waals surface area contributed by atoms with Crippen molar-refractivity contribution in [3.63, 3.8) is 0 Å². The average molecular weight is 283 g/mol. The molecule has 21 heavy (non-hydrogen) atoms. The Kier molecular flexibility index (Phi) is 3.37. The van der Waals surface area contributed by atoms with Crippen molar-refractivity contribution in [2.24, 2.45) is 23.5 Å². The van der Waals surface area contributed by atoms with Crippen molar-refractivity contribution in [1.82, 2.24) is 0 Å². The topological polar surface area (TPSA) is 26.0 Å². The summed E-state index contributed by atoms with van der Waals surface area (Å²) < 4.78 is 0. The van der Waals surface area contributed by atoms with Crippen LogP contribution in [-0.2, 0) is 5.41 Å². The molecule has 1 atom stereocenters. The Balaban J connectivity index is 1.59. The number of nitrogens with two attached hydrogens (primary N) is 1. The molecule has 0 heterocycles. The molecule has 114 valence electrons. The molecule has 4 aliphatic rings. The summed E-state index contributed by atoms with van der Waals surface area (Å²) in [5.41, 5.74) is 9.74. The van der Waals surface area contributed by atoms with Gasteiger partial charge >= 0.3 is 0 Å². The Labute approximate surface area is 129 Å². The summed E-state index contributed by atoms with van der Waals surface area (Å²) in [6.07, 6.45) is 11.2. The third-order valence-electron chi connectivity index (χ3n) is 6.59. The van der Waals surface area contributed by atoms with Crippen LogP contribution in [0.4, 0.5) is 0 Å². The molecule has 0 radical (unpaired) electrons. The van der Waals surface area contributed by atoms with Gasteiger partial charge in [-0.1, -0.05) is 37.6 Å². The van der Waals surface area contributed by atoms with E-state index in [0.29, 0.717) is 5.41 Å². The van der Waals surface area contributed by atoms with Crippen molar-refractivity contribution in [2.45, 2.75) is 69.7 Å². The third kappa shape index (κ3) is 2.34. The maximum atomic E-state index is 6.26. The molecule has 5 rings (SSSR count). The smallest absolute Gasteiger partial charge is 0.0294 e. The number of benzene rings is 1. The minimum Gasteiger partial charge on any atom is -0.324 e. The molecule has 1 aromatic carbocycles. The van der Waals surface area contributed by atoms with Gasteiger partial charge in [-0.05, 0) is 79.2 Å². The summed E-state index contributed by atoms with van der Waals surface area (Å²) in [4.78, 5) is 0. The van der Waals surface area contributed by atoms with E-state index in [2.05, 4.69) is 31.2 Å². The van der Waals surface area contributed by atoms with Gasteiger partial charge in [0.05, 0.1) is 0 Å². The molecule has 0 spiro atoms. The van der Waals surface area contributed by atoms with E-state index in [4.69, 9.17) is 5.73 Å². The summed E-state index contributed by atoms with van der Waals surface area (Å²) in [6.45, 7) is 2.21. The largest absolute Gasteiger partial charge is 0.324 e. The van der Waals surface area contributed by atoms with Crippen molar-refractivity contribution in [3.05, 3.63) is 35.4 Å². The van der Waals surface area contributed by atoms with Gasteiger partial charge in [0, 0.05) is 6.04 Å². The maximum Gasteiger partial charge on any atom is 0.0294 e. The van der Waals surface area contributed by atoms with Crippen LogP contribution in [0.2, 0.25) is 0 Å². The first-order chi connectivity index (χ1) is 10.2. The zero-order chi connectivity index (χ0) is 14.4. The quantitative estimate of drug-likeness (QED) is 0.831. The highest BCUT2D eigenvalue weighted by Crippen LogP contribution is 2.60. The van der Waals surface area contributed by atoms with E-state index < -0.39 is 0 Å². The lowest BCUT2D eigenvalue weighted by Crippen LogP contribution is -2.48. The Bertz CT molecular complexity index is 466. The zero-order valence-electron chi connectivity index (χ0n) is 13.4. The van der Waals surface area contributed by atoms with E-state index in [1.807, 2.05) is 0 Å². The Hall–Kier alpha value is -0.820. The first-order valence-electron chi connectivity index (χ1n) is 9.04. The van der Waals surface area contributed by atoms with E-state index in [9.17, 15) is 0 Å². The van der Waals surface area contributed by atoms with Crippen LogP contribution in [0.15, 0.2) is 24.3 Å². The summed E-state index contributed by atoms with van der Waals surface area (Å²) in [5.74, 6) is 3.08. The maximum absolute atomic E-state index is 6.26. The molecule has 1 nitrogen and oxygen atoms in total. The lowest BCUT2D eigenvalue weighted by Gasteiger charge is -2.57. The highest BCUT2D eigenvalue weighted by Gasteiger charge is 2.51. The van der Waals surface area contributed by atoms with E-state index in [1.165, 1.54) is 44.1 Å². The molecule has 4 aliphatic carbocycles. The molecule has 2 N–H and O–H groups in total. The summed E-state index contributed by atoms with van der Waals surface area (Å²) in [5, 5.41) is 0. The van der Waals surface area contributed by atoms with Gasteiger partial charge in [-0.3, -0.25) is 0 Å². The zero-order valence-corrected chi connectivity index (χ0v) is 13.4. The van der Waals surface area contributed by atoms with Gasteiger partial charge in [0.25, 0.3) is 0 Å². The van der Waals surface area contributed by atoms with Crippen LogP contribution in [0.3, 0.4) is 0 Å². The molecular formula is C20H29N. The molecule has 4 fully saturated rings. The fourth-order valence-corrected chi connectivity index (χ4v) is 6.03. The minimum absolute atomic E-state index is 0.223. The highest BCUT2D eigenvalue weighted by atomic mass is 14.6. The van der Waals surface area contributed by atoms with Crippen LogP contribution < -0.4 is 5.73 Å². The Morgan fingerprint density at radius 3 is 2.00 bits per heavy atom. The van der Waals surface area contributed by atoms with E-state index >= 15 is 0 Å². The second-order valence-corrected chi connectivity index (χ2v) is 8.22. The van der Waals surface area contributed by atoms with Crippen LogP contribution in [0.1, 0.15) is 75.5 Å². The van der Waals surface area contributed by atoms with E-state index in [1.54, 1.807) is 5.56 Å². The summed E-state index contributed by atoms with van der Waals surface area (Å²) in [7, 11) is 0. The molecule has 1 aromatic rings. The lowest BCUT2D eigenvalue weighted by atomic mass is 9.48. The molecule has 4 bridgehead atoms. The van der Waals surface area contributed by atoms with Crippen LogP contribution in [-0.4, -0.2) is 0 Å². The predicted octanol–water partition coefficient (Wildman–Crippen LogP) is 4.95. The Morgan fingerprint density at radius 1 is 1.00 bits per heavy atom. The van der Waals surface area contributed by atoms with Crippen molar-refractivity contribution in [3.8, 4) is 0 Å². The fraction of sp³-hybridized carbons (Fsp3) is 0.700. The van der Waals surface area contributed by atoms with Gasteiger partial charge in [-0.2, -0.15) is 0 Å². The molecule has 0 amide bonds. The molecule has 0 unspecified atom stereocenters. The third-order valence-corrected chi connectivity index (χ3v) is 6.59. The van der Waals surface area contributed by atoms with Gasteiger partial charge in [0.1, 0.15) is 0 Å². The first kappa shape index (κ1) is 13.8. The number of rotatable bonds is 4. The molecule has 4 saturated carbocycles. The first-order valence-corrected chi connectivity index (χ1v) is 9.04. The van der Waals surface area contributed by atoms with E-state index in [0.717, 1.165) is 30.6 Å². The number of hydrogen-bond acceptors (Lipinski definition) is 1. The Morgan fingerprint density at radius 2 is 1.52 bits per heavy atom. The van der Waals surface area contributed by atoms with Gasteiger partial charge in [0.15, 0.2) is 0 Å². The van der Waals surface area contributed by atoms with Crippen molar-refractivity contribution in [2.75, 3.05) is 0 Å². The van der Waals surface area contributed by atoms with Gasteiger partial charge in [0.2, 0.25) is 0 Å². The minimum atomic E-state index is 0.223. The van der Waals surface area contributed by atoms with Crippen LogP contribution in [0.5, 0.6) is 0 Å². The summed E-state index contributed by atoms with van der Waals surface area (Å²) >= 11 is 0. The number of hydrogen-bond donors (Lipinski definition) is 1. The normalized spacial score (nSPS) is 38.7. The highest BCUT2D eigenvalue weighted by molar-refractivity contribution is 5.33. The standard InChI is InChI=1S/C20H29N/c1-2-3-19(21)17-4-6-18(7-5-17)20-11-14-8-15(12-20)10-16(9-14)13-20/h4-7,14-16,19H,2-3,8-13,21H2,1H3/t14?,15?,16?,19-,20?/m1/s1. The average Bonchev–Trinajstić information content (AvgIpc) is 2.46. The van der Waals surface area contributed by atoms with Gasteiger partial charge in [-0.15, -0.1) is 0 Å². The SMILES string of the molecule is CCC[C@@H](N)c1ccc(C23CC4CC(CC(C4)C2)C3)cc1. The van der Waals surface area contributed by atoms with Crippen LogP contribution in [0.25, 0.3) is 0 Å². The second-order valence-electron chi connectivity index (χ2n) is 8.22. The lowest BCUT2D eigenvalue weighted by molar-refractivity contribution is -0.00519. The van der Waals surface area contributed by atoms with Crippen molar-refractivity contribution in [1.29, 1.82) is 0 Å². The molecule has 0 aromatic heterocycles. The monoisotopic (exact) mass is 283 g/mol. The van der Waals surface area contributed by atoms with Crippen LogP contribution in [0, 0.1) is 17.8 Å². The van der Waals surface area contributed by atoms with Gasteiger partial charge < -0.3 is 5.73 Å². The second kappa shape index (κ2) is 5.12. The predicted molar refractivity (Wildman–Crippen MR) is 88.1 cm³/mol. The van der Waals surface area contributed by atoms with E-state index in [-0.39, 0.29) is 6.04 Å². The van der Waals surface area contributed by atoms with Crippen molar-refractivity contribution < 1.29 is 0 Å². The van der Waals surface area contributed by atoms with Crippen molar-refractivity contribution >= 4 is 0 Å². The molecule has 0 saturated heterocycles. The molecule has 1 heteroatoms. The molecular weight excluding hydrogens is 254 g/mol. The molecule has 0 aliphatic heterocycles.